The number of carbonyl (C=O) groups is 2. The molecule has 1 atom stereocenters. The van der Waals surface area contributed by atoms with E-state index >= 15 is 0 Å². The normalized spacial score (nSPS) is 12.8. The second kappa shape index (κ2) is 12.7. The van der Waals surface area contributed by atoms with Crippen LogP contribution in [0.5, 0.6) is 0 Å². The van der Waals surface area contributed by atoms with Crippen molar-refractivity contribution in [3.8, 4) is 11.1 Å². The standard InChI is InChI=1S/C25H27F2N5O2.C2H6/c1-17(34)22-14-20(15-32(22)12-6-10-26)25(16-33,30-24(28)31(2)3)19-8-4-7-18(13-19)21-9-5-11-29-23(21)27;1-2/h4-5,7-9,11,13-16H,6,10,12H2,1-3H3,(H2,28,30);1-2H3. The number of rotatable bonds is 9. The molecule has 2 N–H and O–H groups in total. The van der Waals surface area contributed by atoms with Crippen molar-refractivity contribution < 1.29 is 18.4 Å². The number of benzene rings is 1. The van der Waals surface area contributed by atoms with Gasteiger partial charge in [0.2, 0.25) is 5.95 Å². The summed E-state index contributed by atoms with van der Waals surface area (Å²) in [4.78, 5) is 34.9. The number of Topliss-reactive ketones (excluding diaryl/α,β-unsaturated/α-hetero) is 1. The minimum Gasteiger partial charge on any atom is -0.370 e. The quantitative estimate of drug-likeness (QED) is 0.153. The lowest BCUT2D eigenvalue weighted by Crippen LogP contribution is -2.37. The first-order valence-electron chi connectivity index (χ1n) is 11.7. The van der Waals surface area contributed by atoms with Crippen molar-refractivity contribution >= 4 is 18.0 Å². The largest absolute Gasteiger partial charge is 0.370 e. The van der Waals surface area contributed by atoms with Gasteiger partial charge in [-0.05, 0) is 41.8 Å². The van der Waals surface area contributed by atoms with E-state index in [1.807, 2.05) is 13.8 Å². The van der Waals surface area contributed by atoms with Gasteiger partial charge in [-0.1, -0.05) is 32.0 Å². The zero-order valence-electron chi connectivity index (χ0n) is 21.3. The maximum atomic E-state index is 14.4. The molecule has 0 radical (unpaired) electrons. The molecule has 36 heavy (non-hydrogen) atoms. The molecule has 1 aromatic carbocycles. The number of aldehydes is 1. The number of nitrogens with zero attached hydrogens (tertiary/aromatic N) is 4. The Balaban J connectivity index is 0.00000222. The minimum absolute atomic E-state index is 0.0749. The molecule has 3 aromatic rings. The van der Waals surface area contributed by atoms with Crippen LogP contribution >= 0.6 is 0 Å². The number of guanidine groups is 1. The molecule has 1 unspecified atom stereocenters. The van der Waals surface area contributed by atoms with Crippen molar-refractivity contribution in [1.29, 1.82) is 0 Å². The van der Waals surface area contributed by atoms with Gasteiger partial charge >= 0.3 is 0 Å². The maximum Gasteiger partial charge on any atom is 0.220 e. The van der Waals surface area contributed by atoms with Gasteiger partial charge < -0.3 is 15.2 Å². The Labute approximate surface area is 210 Å². The molecular weight excluding hydrogens is 464 g/mol. The van der Waals surface area contributed by atoms with Crippen LogP contribution < -0.4 is 5.73 Å². The smallest absolute Gasteiger partial charge is 0.220 e. The van der Waals surface area contributed by atoms with E-state index in [1.165, 1.54) is 13.1 Å². The van der Waals surface area contributed by atoms with E-state index < -0.39 is 18.2 Å². The summed E-state index contributed by atoms with van der Waals surface area (Å²) in [5.74, 6) is -0.810. The Morgan fingerprint density at radius 3 is 2.50 bits per heavy atom. The number of alkyl halides is 1. The zero-order chi connectivity index (χ0) is 26.9. The lowest BCUT2D eigenvalue weighted by Gasteiger charge is -2.26. The number of carbonyl (C=O) groups excluding carboxylic acids is 2. The van der Waals surface area contributed by atoms with E-state index in [9.17, 15) is 18.4 Å². The highest BCUT2D eigenvalue weighted by molar-refractivity contribution is 5.94. The summed E-state index contributed by atoms with van der Waals surface area (Å²) in [5, 5.41) is 0. The summed E-state index contributed by atoms with van der Waals surface area (Å²) >= 11 is 0. The van der Waals surface area contributed by atoms with E-state index in [1.54, 1.807) is 72.2 Å². The fourth-order valence-electron chi connectivity index (χ4n) is 3.70. The summed E-state index contributed by atoms with van der Waals surface area (Å²) in [5.41, 5.74) is 6.40. The highest BCUT2D eigenvalue weighted by atomic mass is 19.1. The van der Waals surface area contributed by atoms with Crippen LogP contribution in [0.4, 0.5) is 8.78 Å². The van der Waals surface area contributed by atoms with Crippen LogP contribution in [0.1, 0.15) is 48.8 Å². The molecular formula is C27H33F2N5O2. The fraction of sp³-hybridized carbons (Fsp3) is 0.333. The topological polar surface area (TPSA) is 93.6 Å². The highest BCUT2D eigenvalue weighted by Gasteiger charge is 2.37. The van der Waals surface area contributed by atoms with Crippen molar-refractivity contribution in [3.05, 3.63) is 77.6 Å². The number of hydrogen-bond acceptors (Lipinski definition) is 4. The van der Waals surface area contributed by atoms with Gasteiger partial charge in [0, 0.05) is 51.1 Å². The summed E-state index contributed by atoms with van der Waals surface area (Å²) in [6.45, 7) is 5.11. The number of aryl methyl sites for hydroxylation is 1. The lowest BCUT2D eigenvalue weighted by molar-refractivity contribution is -0.111. The third kappa shape index (κ3) is 6.02. The SMILES string of the molecule is CC.CC(=O)c1cc(C(C=O)(N=C(N)N(C)C)c2cccc(-c3cccnc3F)c2)cn1CCCF. The number of aliphatic imine (C=N–C) groups is 1. The molecule has 0 aliphatic heterocycles. The van der Waals surface area contributed by atoms with E-state index in [0.29, 0.717) is 28.7 Å². The molecule has 0 fully saturated rings. The number of aromatic nitrogens is 2. The van der Waals surface area contributed by atoms with Crippen LogP contribution in [0, 0.1) is 5.95 Å². The first-order valence-corrected chi connectivity index (χ1v) is 11.7. The van der Waals surface area contributed by atoms with Gasteiger partial charge in [0.1, 0.15) is 0 Å². The Kier molecular flexibility index (Phi) is 10.0. The summed E-state index contributed by atoms with van der Waals surface area (Å²) in [6, 6.07) is 11.5. The minimum atomic E-state index is -1.63. The van der Waals surface area contributed by atoms with Gasteiger partial charge in [-0.25, -0.2) is 9.98 Å². The molecule has 192 valence electrons. The lowest BCUT2D eigenvalue weighted by atomic mass is 9.84. The molecule has 0 spiro atoms. The van der Waals surface area contributed by atoms with Crippen molar-refractivity contribution in [1.82, 2.24) is 14.5 Å². The highest BCUT2D eigenvalue weighted by Crippen LogP contribution is 2.36. The number of nitrogens with two attached hydrogens (primary N) is 1. The second-order valence-corrected chi connectivity index (χ2v) is 8.08. The molecule has 0 bridgehead atoms. The van der Waals surface area contributed by atoms with Crippen molar-refractivity contribution in [2.24, 2.45) is 10.7 Å². The number of halogens is 2. The Morgan fingerprint density at radius 2 is 1.92 bits per heavy atom. The van der Waals surface area contributed by atoms with Crippen LogP contribution in [-0.2, 0) is 16.9 Å². The molecule has 0 aliphatic carbocycles. The van der Waals surface area contributed by atoms with Crippen LogP contribution in [-0.4, -0.2) is 53.2 Å². The molecule has 3 rings (SSSR count). The number of ketones is 1. The average molecular weight is 498 g/mol. The Morgan fingerprint density at radius 1 is 1.19 bits per heavy atom. The van der Waals surface area contributed by atoms with Gasteiger partial charge in [-0.2, -0.15) is 4.39 Å². The Bertz CT molecular complexity index is 1220. The maximum absolute atomic E-state index is 14.4. The second-order valence-electron chi connectivity index (χ2n) is 8.08. The van der Waals surface area contributed by atoms with Gasteiger partial charge in [-0.15, -0.1) is 0 Å². The van der Waals surface area contributed by atoms with Crippen LogP contribution in [0.25, 0.3) is 11.1 Å². The monoisotopic (exact) mass is 497 g/mol. The summed E-state index contributed by atoms with van der Waals surface area (Å²) in [7, 11) is 3.37. The molecule has 0 saturated carbocycles. The average Bonchev–Trinajstić information content (AvgIpc) is 3.32. The van der Waals surface area contributed by atoms with Gasteiger partial charge in [0.15, 0.2) is 23.6 Å². The van der Waals surface area contributed by atoms with Crippen molar-refractivity contribution in [2.45, 2.75) is 39.3 Å². The van der Waals surface area contributed by atoms with Gasteiger partial charge in [0.05, 0.1) is 12.4 Å². The third-order valence-electron chi connectivity index (χ3n) is 5.52. The van der Waals surface area contributed by atoms with Crippen molar-refractivity contribution in [2.75, 3.05) is 20.8 Å². The third-order valence-corrected chi connectivity index (χ3v) is 5.52. The first-order chi connectivity index (χ1) is 17.2. The van der Waals surface area contributed by atoms with E-state index in [-0.39, 0.29) is 30.3 Å². The molecule has 2 heterocycles. The number of hydrogen-bond donors (Lipinski definition) is 1. The predicted molar refractivity (Wildman–Crippen MR) is 138 cm³/mol. The molecule has 2 aromatic heterocycles. The van der Waals surface area contributed by atoms with E-state index in [4.69, 9.17) is 5.73 Å². The zero-order valence-corrected chi connectivity index (χ0v) is 21.3. The first kappa shape index (κ1) is 28.4. The fourth-order valence-corrected chi connectivity index (χ4v) is 3.70. The summed E-state index contributed by atoms with van der Waals surface area (Å²) < 4.78 is 28.8. The molecule has 0 amide bonds. The molecule has 0 saturated heterocycles. The molecule has 0 aliphatic rings. The van der Waals surface area contributed by atoms with Gasteiger partial charge in [-0.3, -0.25) is 14.0 Å². The van der Waals surface area contributed by atoms with Crippen molar-refractivity contribution in [3.63, 3.8) is 0 Å². The predicted octanol–water partition coefficient (Wildman–Crippen LogP) is 4.60. The van der Waals surface area contributed by atoms with E-state index in [2.05, 4.69) is 9.98 Å². The molecule has 7 nitrogen and oxygen atoms in total. The van der Waals surface area contributed by atoms with Crippen LogP contribution in [0.2, 0.25) is 0 Å². The molecule has 9 heteroatoms. The van der Waals surface area contributed by atoms with Crippen LogP contribution in [0.3, 0.4) is 0 Å². The van der Waals surface area contributed by atoms with E-state index in [0.717, 1.165) is 0 Å². The van der Waals surface area contributed by atoms with Gasteiger partial charge in [0.25, 0.3) is 0 Å². The summed E-state index contributed by atoms with van der Waals surface area (Å²) in [6.07, 6.45) is 3.82. The Hall–Kier alpha value is -3.88. The van der Waals surface area contributed by atoms with Crippen LogP contribution in [0.15, 0.2) is 59.9 Å². The number of pyridine rings is 1.